The molecule has 3 rings (SSSR count). The van der Waals surface area contributed by atoms with Crippen LogP contribution in [-0.2, 0) is 11.3 Å². The molecule has 1 N–H and O–H groups in total. The largest absolute Gasteiger partial charge is 0.354 e. The Morgan fingerprint density at radius 3 is 2.89 bits per heavy atom. The Hall–Kier alpha value is -2.57. The highest BCUT2D eigenvalue weighted by Crippen LogP contribution is 2.23. The fourth-order valence-corrected chi connectivity index (χ4v) is 3.53. The van der Waals surface area contributed by atoms with Crippen LogP contribution in [0.15, 0.2) is 28.2 Å². The zero-order valence-electron chi connectivity index (χ0n) is 14.8. The van der Waals surface area contributed by atoms with Crippen molar-refractivity contribution >= 4 is 46.0 Å². The molecule has 0 bridgehead atoms. The minimum Gasteiger partial charge on any atom is -0.354 e. The summed E-state index contributed by atoms with van der Waals surface area (Å²) in [7, 11) is 0. The van der Waals surface area contributed by atoms with E-state index in [-0.39, 0.29) is 36.2 Å². The van der Waals surface area contributed by atoms with Gasteiger partial charge in [0.2, 0.25) is 11.7 Å². The third kappa shape index (κ3) is 3.91. The lowest BCUT2D eigenvalue weighted by molar-refractivity contribution is -0.121. The van der Waals surface area contributed by atoms with Crippen LogP contribution < -0.4 is 10.9 Å². The molecular weight excluding hydrogens is 388 g/mol. The third-order valence-electron chi connectivity index (χ3n) is 3.81. The van der Waals surface area contributed by atoms with E-state index in [1.54, 1.807) is 22.6 Å². The number of amides is 1. The van der Waals surface area contributed by atoms with Gasteiger partial charge in [0.15, 0.2) is 5.16 Å². The number of thioether (sulfide) groups is 1. The van der Waals surface area contributed by atoms with Crippen molar-refractivity contribution in [3.63, 3.8) is 0 Å². The smallest absolute Gasteiger partial charge is 0.262 e. The molecule has 0 fully saturated rings. The Balaban J connectivity index is 2.15. The average Bonchev–Trinajstić information content (AvgIpc) is 3.03. The van der Waals surface area contributed by atoms with E-state index < -0.39 is 0 Å². The lowest BCUT2D eigenvalue weighted by Gasteiger charge is -2.12. The molecule has 2 aromatic heterocycles. The number of nitriles is 1. The molecule has 8 nitrogen and oxygen atoms in total. The summed E-state index contributed by atoms with van der Waals surface area (Å²) in [6.45, 7) is 3.90. The molecule has 0 aliphatic heterocycles. The van der Waals surface area contributed by atoms with Crippen LogP contribution in [0.5, 0.6) is 0 Å². The van der Waals surface area contributed by atoms with E-state index in [2.05, 4.69) is 21.6 Å². The molecule has 140 valence electrons. The number of aromatic nitrogens is 4. The van der Waals surface area contributed by atoms with E-state index >= 15 is 0 Å². The summed E-state index contributed by atoms with van der Waals surface area (Å²) < 4.78 is 3.14. The van der Waals surface area contributed by atoms with Gasteiger partial charge in [-0.3, -0.25) is 18.6 Å². The fraction of sp³-hybridized carbons (Fsp3) is 0.353. The van der Waals surface area contributed by atoms with Gasteiger partial charge in [-0.25, -0.2) is 0 Å². The minimum absolute atomic E-state index is 0.0201. The molecule has 0 unspecified atom stereocenters. The van der Waals surface area contributed by atoms with E-state index in [9.17, 15) is 9.59 Å². The molecule has 10 heteroatoms. The fourth-order valence-electron chi connectivity index (χ4n) is 2.76. The number of benzene rings is 1. The lowest BCUT2D eigenvalue weighted by Crippen LogP contribution is -2.32. The standard InChI is InChI=1S/C17H17ClN6O2S/c1-10(2)20-14(25)5-7-23-15(26)12-9-11(18)3-4-13(12)24-16(23)21-22-17(24)27-8-6-19/h3-4,9-10H,5,7-8H2,1-2H3,(H,20,25). The van der Waals surface area contributed by atoms with E-state index in [0.29, 0.717) is 26.9 Å². The summed E-state index contributed by atoms with van der Waals surface area (Å²) in [4.78, 5) is 25.0. The Morgan fingerprint density at radius 1 is 1.41 bits per heavy atom. The quantitative estimate of drug-likeness (QED) is 0.631. The van der Waals surface area contributed by atoms with Crippen LogP contribution in [0.1, 0.15) is 20.3 Å². The second-order valence-corrected chi connectivity index (χ2v) is 7.53. The summed E-state index contributed by atoms with van der Waals surface area (Å²) >= 11 is 7.30. The van der Waals surface area contributed by atoms with Crippen molar-refractivity contribution in [3.05, 3.63) is 33.6 Å². The van der Waals surface area contributed by atoms with Crippen LogP contribution in [0.2, 0.25) is 5.02 Å². The van der Waals surface area contributed by atoms with Crippen molar-refractivity contribution in [2.24, 2.45) is 0 Å². The lowest BCUT2D eigenvalue weighted by atomic mass is 10.2. The van der Waals surface area contributed by atoms with Gasteiger partial charge >= 0.3 is 0 Å². The van der Waals surface area contributed by atoms with Gasteiger partial charge in [0.05, 0.1) is 22.7 Å². The van der Waals surface area contributed by atoms with Crippen LogP contribution in [0, 0.1) is 11.3 Å². The second-order valence-electron chi connectivity index (χ2n) is 6.16. The first-order valence-corrected chi connectivity index (χ1v) is 9.65. The molecule has 1 amide bonds. The number of nitrogens with zero attached hydrogens (tertiary/aromatic N) is 5. The zero-order chi connectivity index (χ0) is 19.6. The maximum atomic E-state index is 13.0. The number of carbonyl (C=O) groups is 1. The van der Waals surface area contributed by atoms with E-state index in [1.807, 2.05) is 13.8 Å². The molecule has 3 aromatic rings. The number of fused-ring (bicyclic) bond motifs is 3. The number of rotatable bonds is 6. The normalized spacial score (nSPS) is 11.2. The van der Waals surface area contributed by atoms with Gasteiger partial charge < -0.3 is 5.32 Å². The van der Waals surface area contributed by atoms with Crippen LogP contribution in [-0.4, -0.2) is 36.9 Å². The summed E-state index contributed by atoms with van der Waals surface area (Å²) in [5.41, 5.74) is 0.314. The molecule has 0 spiro atoms. The number of carbonyl (C=O) groups excluding carboxylic acids is 1. The van der Waals surface area contributed by atoms with Crippen LogP contribution in [0.4, 0.5) is 0 Å². The van der Waals surface area contributed by atoms with E-state index in [4.69, 9.17) is 16.9 Å². The molecule has 2 heterocycles. The van der Waals surface area contributed by atoms with Crippen molar-refractivity contribution in [2.75, 3.05) is 5.75 Å². The maximum Gasteiger partial charge on any atom is 0.262 e. The van der Waals surface area contributed by atoms with Crippen LogP contribution in [0.25, 0.3) is 16.7 Å². The van der Waals surface area contributed by atoms with Crippen LogP contribution >= 0.6 is 23.4 Å². The molecule has 1 aromatic carbocycles. The van der Waals surface area contributed by atoms with Crippen molar-refractivity contribution in [1.82, 2.24) is 24.5 Å². The monoisotopic (exact) mass is 404 g/mol. The Bertz CT molecular complexity index is 1110. The van der Waals surface area contributed by atoms with Gasteiger partial charge in [-0.15, -0.1) is 10.2 Å². The Morgan fingerprint density at radius 2 is 2.19 bits per heavy atom. The first-order valence-electron chi connectivity index (χ1n) is 8.28. The Labute approximate surface area is 164 Å². The van der Waals surface area contributed by atoms with Gasteiger partial charge in [-0.05, 0) is 32.0 Å². The molecular formula is C17H17ClN6O2S. The summed E-state index contributed by atoms with van der Waals surface area (Å²) in [6, 6.07) is 7.06. The van der Waals surface area contributed by atoms with Gasteiger partial charge in [0.25, 0.3) is 5.56 Å². The van der Waals surface area contributed by atoms with Crippen LogP contribution in [0.3, 0.4) is 0 Å². The molecule has 0 saturated carbocycles. The first-order chi connectivity index (χ1) is 12.9. The SMILES string of the molecule is CC(C)NC(=O)CCn1c(=O)c2cc(Cl)ccc2n2c(SCC#N)nnc12. The highest BCUT2D eigenvalue weighted by atomic mass is 35.5. The highest BCUT2D eigenvalue weighted by molar-refractivity contribution is 7.99. The molecule has 0 aliphatic rings. The third-order valence-corrected chi connectivity index (χ3v) is 4.84. The molecule has 0 aliphatic carbocycles. The second kappa shape index (κ2) is 7.98. The van der Waals surface area contributed by atoms with E-state index in [0.717, 1.165) is 0 Å². The number of halogens is 1. The van der Waals surface area contributed by atoms with Crippen molar-refractivity contribution in [3.8, 4) is 6.07 Å². The topological polar surface area (TPSA) is 105 Å². The van der Waals surface area contributed by atoms with Crippen molar-refractivity contribution in [2.45, 2.75) is 38.0 Å². The van der Waals surface area contributed by atoms with Gasteiger partial charge in [0, 0.05) is 24.0 Å². The predicted octanol–water partition coefficient (Wildman–Crippen LogP) is 2.23. The number of nitrogens with one attached hydrogen (secondary N) is 1. The first kappa shape index (κ1) is 19.2. The average molecular weight is 405 g/mol. The van der Waals surface area contributed by atoms with Gasteiger partial charge in [0.1, 0.15) is 0 Å². The molecule has 0 saturated heterocycles. The number of hydrogen-bond acceptors (Lipinski definition) is 6. The molecule has 0 atom stereocenters. The minimum atomic E-state index is -0.290. The molecule has 0 radical (unpaired) electrons. The van der Waals surface area contributed by atoms with E-state index in [1.165, 1.54) is 16.3 Å². The number of hydrogen-bond donors (Lipinski definition) is 1. The summed E-state index contributed by atoms with van der Waals surface area (Å²) in [5, 5.41) is 21.2. The summed E-state index contributed by atoms with van der Waals surface area (Å²) in [6.07, 6.45) is 0.132. The van der Waals surface area contributed by atoms with Gasteiger partial charge in [-0.1, -0.05) is 23.4 Å². The molecule has 27 heavy (non-hydrogen) atoms. The highest BCUT2D eigenvalue weighted by Gasteiger charge is 2.18. The predicted molar refractivity (Wildman–Crippen MR) is 104 cm³/mol. The maximum absolute atomic E-state index is 13.0. The van der Waals surface area contributed by atoms with Crippen molar-refractivity contribution in [1.29, 1.82) is 5.26 Å². The Kier molecular flexibility index (Phi) is 5.68. The summed E-state index contributed by atoms with van der Waals surface area (Å²) in [5.74, 6) is 0.374. The van der Waals surface area contributed by atoms with Crippen molar-refractivity contribution < 1.29 is 4.79 Å². The number of aryl methyl sites for hydroxylation is 1. The van der Waals surface area contributed by atoms with Gasteiger partial charge in [-0.2, -0.15) is 5.26 Å². The zero-order valence-corrected chi connectivity index (χ0v) is 16.3.